The smallest absolute Gasteiger partial charge is 0.252 e. The summed E-state index contributed by atoms with van der Waals surface area (Å²) >= 11 is 11.5. The molecular weight excluding hydrogens is 392 g/mol. The molecule has 2 nitrogen and oxygen atoms in total. The molecule has 0 bridgehead atoms. The van der Waals surface area contributed by atoms with Gasteiger partial charge in [0.2, 0.25) is 0 Å². The van der Waals surface area contributed by atoms with Crippen LogP contribution in [0.4, 0.5) is 0 Å². The Morgan fingerprint density at radius 1 is 1.53 bits per heavy atom. The highest BCUT2D eigenvalue weighted by Crippen LogP contribution is 2.21. The Hall–Kier alpha value is 0.190. The van der Waals surface area contributed by atoms with Crippen molar-refractivity contribution in [3.63, 3.8) is 0 Å². The summed E-state index contributed by atoms with van der Waals surface area (Å²) in [7, 11) is 0. The molecule has 0 atom stereocenters. The largest absolute Gasteiger partial charge is 0.352 e. The monoisotopic (exact) mass is 401 g/mol. The van der Waals surface area contributed by atoms with Gasteiger partial charge in [-0.2, -0.15) is 0 Å². The highest BCUT2D eigenvalue weighted by molar-refractivity contribution is 14.1. The summed E-state index contributed by atoms with van der Waals surface area (Å²) in [5.74, 6) is -0.114. The number of benzene rings is 1. The molecule has 1 aromatic rings. The SMILES string of the molecule is O=C(NCCCI)c1ccc(Br)cc1Cl. The number of hydrogen-bond acceptors (Lipinski definition) is 1. The van der Waals surface area contributed by atoms with Crippen molar-refractivity contribution in [1.82, 2.24) is 5.32 Å². The fraction of sp³-hybridized carbons (Fsp3) is 0.300. The maximum Gasteiger partial charge on any atom is 0.252 e. The fourth-order valence-electron chi connectivity index (χ4n) is 1.04. The van der Waals surface area contributed by atoms with E-state index in [1.54, 1.807) is 18.2 Å². The summed E-state index contributed by atoms with van der Waals surface area (Å²) < 4.78 is 1.91. The molecule has 0 aliphatic carbocycles. The van der Waals surface area contributed by atoms with Crippen molar-refractivity contribution >= 4 is 56.0 Å². The maximum absolute atomic E-state index is 11.6. The van der Waals surface area contributed by atoms with Crippen molar-refractivity contribution in [2.24, 2.45) is 0 Å². The van der Waals surface area contributed by atoms with Gasteiger partial charge in [0.15, 0.2) is 0 Å². The van der Waals surface area contributed by atoms with Gasteiger partial charge in [0.25, 0.3) is 5.91 Å². The van der Waals surface area contributed by atoms with Gasteiger partial charge >= 0.3 is 0 Å². The number of hydrogen-bond donors (Lipinski definition) is 1. The minimum absolute atomic E-state index is 0.114. The first-order valence-corrected chi connectivity index (χ1v) is 7.14. The minimum atomic E-state index is -0.114. The predicted molar refractivity (Wildman–Crippen MR) is 75.0 cm³/mol. The molecule has 1 N–H and O–H groups in total. The molecule has 0 radical (unpaired) electrons. The molecule has 0 aliphatic rings. The molecule has 0 heterocycles. The average molecular weight is 402 g/mol. The van der Waals surface area contributed by atoms with Crippen LogP contribution in [0.2, 0.25) is 5.02 Å². The normalized spacial score (nSPS) is 10.1. The third kappa shape index (κ3) is 4.28. The first-order chi connectivity index (χ1) is 7.15. The van der Waals surface area contributed by atoms with Crippen LogP contribution in [0.3, 0.4) is 0 Å². The van der Waals surface area contributed by atoms with E-state index in [-0.39, 0.29) is 5.91 Å². The van der Waals surface area contributed by atoms with Crippen molar-refractivity contribution in [1.29, 1.82) is 0 Å². The van der Waals surface area contributed by atoms with Gasteiger partial charge in [-0.3, -0.25) is 4.79 Å². The number of nitrogens with one attached hydrogen (secondary N) is 1. The fourth-order valence-corrected chi connectivity index (χ4v) is 2.18. The van der Waals surface area contributed by atoms with Crippen molar-refractivity contribution < 1.29 is 4.79 Å². The summed E-state index contributed by atoms with van der Waals surface area (Å²) in [5.41, 5.74) is 0.522. The Morgan fingerprint density at radius 2 is 2.27 bits per heavy atom. The molecule has 5 heteroatoms. The van der Waals surface area contributed by atoms with Gasteiger partial charge < -0.3 is 5.32 Å². The van der Waals surface area contributed by atoms with Gasteiger partial charge in [-0.25, -0.2) is 0 Å². The third-order valence-electron chi connectivity index (χ3n) is 1.77. The van der Waals surface area contributed by atoms with Gasteiger partial charge in [0.05, 0.1) is 10.6 Å². The minimum Gasteiger partial charge on any atom is -0.352 e. The molecule has 0 aliphatic heterocycles. The van der Waals surface area contributed by atoms with E-state index in [9.17, 15) is 4.79 Å². The van der Waals surface area contributed by atoms with E-state index >= 15 is 0 Å². The van der Waals surface area contributed by atoms with Crippen molar-refractivity contribution in [2.45, 2.75) is 6.42 Å². The van der Waals surface area contributed by atoms with Crippen LogP contribution in [0, 0.1) is 0 Å². The lowest BCUT2D eigenvalue weighted by Gasteiger charge is -2.05. The van der Waals surface area contributed by atoms with Crippen LogP contribution in [-0.2, 0) is 0 Å². The Balaban J connectivity index is 2.65. The highest BCUT2D eigenvalue weighted by atomic mass is 127. The summed E-state index contributed by atoms with van der Waals surface area (Å²) in [6.07, 6.45) is 0.973. The quantitative estimate of drug-likeness (QED) is 0.465. The number of rotatable bonds is 4. The zero-order valence-electron chi connectivity index (χ0n) is 7.90. The van der Waals surface area contributed by atoms with Crippen LogP contribution in [0.15, 0.2) is 22.7 Å². The molecule has 1 rings (SSSR count). The van der Waals surface area contributed by atoms with Gasteiger partial charge in [-0.05, 0) is 24.6 Å². The van der Waals surface area contributed by atoms with Gasteiger partial charge in [0, 0.05) is 15.4 Å². The van der Waals surface area contributed by atoms with E-state index in [0.29, 0.717) is 17.1 Å². The molecule has 0 aromatic heterocycles. The zero-order valence-corrected chi connectivity index (χ0v) is 12.4. The van der Waals surface area contributed by atoms with Gasteiger partial charge in [-0.15, -0.1) is 0 Å². The lowest BCUT2D eigenvalue weighted by atomic mass is 10.2. The summed E-state index contributed by atoms with van der Waals surface area (Å²) in [6.45, 7) is 0.689. The highest BCUT2D eigenvalue weighted by Gasteiger charge is 2.09. The second-order valence-electron chi connectivity index (χ2n) is 2.92. The molecule has 0 saturated carbocycles. The first kappa shape index (κ1) is 13.3. The predicted octanol–water partition coefficient (Wildman–Crippen LogP) is 3.66. The lowest BCUT2D eigenvalue weighted by molar-refractivity contribution is 0.0954. The van der Waals surface area contributed by atoms with Crippen LogP contribution >= 0.6 is 50.1 Å². The summed E-state index contributed by atoms with van der Waals surface area (Å²) in [6, 6.07) is 5.24. The Bertz CT molecular complexity index is 359. The maximum atomic E-state index is 11.6. The Labute approximate surface area is 116 Å². The van der Waals surface area contributed by atoms with Crippen LogP contribution in [0.5, 0.6) is 0 Å². The molecule has 15 heavy (non-hydrogen) atoms. The molecule has 82 valence electrons. The Kier molecular flexibility index (Phi) is 5.92. The van der Waals surface area contributed by atoms with E-state index < -0.39 is 0 Å². The van der Waals surface area contributed by atoms with E-state index in [2.05, 4.69) is 43.8 Å². The topological polar surface area (TPSA) is 29.1 Å². The number of halogens is 3. The first-order valence-electron chi connectivity index (χ1n) is 4.44. The molecule has 1 amide bonds. The van der Waals surface area contributed by atoms with Crippen LogP contribution < -0.4 is 5.32 Å². The van der Waals surface area contributed by atoms with Crippen molar-refractivity contribution in [3.05, 3.63) is 33.3 Å². The molecule has 1 aromatic carbocycles. The molecule has 0 saturated heterocycles. The molecule has 0 unspecified atom stereocenters. The van der Waals surface area contributed by atoms with Crippen LogP contribution in [0.1, 0.15) is 16.8 Å². The van der Waals surface area contributed by atoms with Crippen molar-refractivity contribution in [3.8, 4) is 0 Å². The Morgan fingerprint density at radius 3 is 2.87 bits per heavy atom. The lowest BCUT2D eigenvalue weighted by Crippen LogP contribution is -2.24. The second kappa shape index (κ2) is 6.70. The van der Waals surface area contributed by atoms with E-state index in [1.165, 1.54) is 0 Å². The second-order valence-corrected chi connectivity index (χ2v) is 5.32. The molecule has 0 spiro atoms. The summed E-state index contributed by atoms with van der Waals surface area (Å²) in [5, 5.41) is 3.29. The van der Waals surface area contributed by atoms with E-state index in [0.717, 1.165) is 15.3 Å². The molecule has 0 fully saturated rings. The summed E-state index contributed by atoms with van der Waals surface area (Å²) in [4.78, 5) is 11.6. The van der Waals surface area contributed by atoms with Crippen molar-refractivity contribution in [2.75, 3.05) is 11.0 Å². The standard InChI is InChI=1S/C10H10BrClINO/c11-7-2-3-8(9(12)6-7)10(15)14-5-1-4-13/h2-3,6H,1,4-5H2,(H,14,15). The molecular formula is C10H10BrClINO. The number of carbonyl (C=O) groups is 1. The third-order valence-corrected chi connectivity index (χ3v) is 3.34. The van der Waals surface area contributed by atoms with E-state index in [1.807, 2.05) is 0 Å². The van der Waals surface area contributed by atoms with Crippen LogP contribution in [0.25, 0.3) is 0 Å². The number of amides is 1. The van der Waals surface area contributed by atoms with Gasteiger partial charge in [0.1, 0.15) is 0 Å². The van der Waals surface area contributed by atoms with E-state index in [4.69, 9.17) is 11.6 Å². The van der Waals surface area contributed by atoms with Gasteiger partial charge in [-0.1, -0.05) is 50.1 Å². The average Bonchev–Trinajstić information content (AvgIpc) is 2.17. The number of carbonyl (C=O) groups excluding carboxylic acids is 1. The number of alkyl halides is 1. The zero-order chi connectivity index (χ0) is 11.3. The van der Waals surface area contributed by atoms with Crippen LogP contribution in [-0.4, -0.2) is 16.9 Å².